The third kappa shape index (κ3) is 3.78. The van der Waals surface area contributed by atoms with E-state index in [1.807, 2.05) is 50.8 Å². The van der Waals surface area contributed by atoms with Gasteiger partial charge in [-0.05, 0) is 54.0 Å². The molecule has 2 atom stereocenters. The van der Waals surface area contributed by atoms with Crippen molar-refractivity contribution < 1.29 is 4.79 Å². The van der Waals surface area contributed by atoms with Gasteiger partial charge in [0.2, 0.25) is 5.91 Å². The standard InChI is InChI=1S/C26H26N8O/c1-14-6-24(34-5-4-15(34)2)29-11-20(14)22-7-16-8-23(28-12-21(16)25(27)31-22)32-26(35)19-9-18(19)17-10-30-33(3)13-17/h6-8,10-13,18-19H,2,4-5,9H2,1,3H3,(H2,27,31)(H,28,32,35)/t18-,19+/m1/s1. The maximum absolute atomic E-state index is 12.8. The van der Waals surface area contributed by atoms with Crippen LogP contribution in [0.2, 0.25) is 0 Å². The predicted octanol–water partition coefficient (Wildman–Crippen LogP) is 3.78. The highest BCUT2D eigenvalue weighted by Crippen LogP contribution is 2.47. The Balaban J connectivity index is 1.25. The van der Waals surface area contributed by atoms with Crippen molar-refractivity contribution in [2.45, 2.75) is 25.7 Å². The number of carbonyl (C=O) groups is 1. The van der Waals surface area contributed by atoms with Gasteiger partial charge in [-0.3, -0.25) is 9.48 Å². The number of fused-ring (bicyclic) bond motifs is 1. The number of carbonyl (C=O) groups excluding carboxylic acids is 1. The lowest BCUT2D eigenvalue weighted by atomic mass is 10.0. The molecule has 1 saturated carbocycles. The lowest BCUT2D eigenvalue weighted by Crippen LogP contribution is -2.34. The first-order valence-corrected chi connectivity index (χ1v) is 11.7. The molecule has 2 aliphatic rings. The lowest BCUT2D eigenvalue weighted by Gasteiger charge is -2.34. The number of nitrogens with two attached hydrogens (primary N) is 1. The molecule has 2 fully saturated rings. The average Bonchev–Trinajstić information content (AvgIpc) is 3.51. The molecule has 0 unspecified atom stereocenters. The fourth-order valence-electron chi connectivity index (χ4n) is 4.70. The summed E-state index contributed by atoms with van der Waals surface area (Å²) >= 11 is 0. The molecule has 1 aliphatic heterocycles. The number of nitrogen functional groups attached to an aromatic ring is 1. The lowest BCUT2D eigenvalue weighted by molar-refractivity contribution is -0.117. The highest BCUT2D eigenvalue weighted by molar-refractivity contribution is 5.98. The summed E-state index contributed by atoms with van der Waals surface area (Å²) in [5.74, 6) is 1.90. The molecule has 9 nitrogen and oxygen atoms in total. The largest absolute Gasteiger partial charge is 0.383 e. The van der Waals surface area contributed by atoms with Crippen molar-refractivity contribution in [3.05, 3.63) is 66.4 Å². The molecule has 0 spiro atoms. The Morgan fingerprint density at radius 2 is 2.06 bits per heavy atom. The SMILES string of the molecule is C=C1CCN1c1cc(C)c(-c2cc3cc(NC(=O)[C@H]4C[C@@H]4c4cnn(C)c4)ncc3c(N)n2)cn1. The van der Waals surface area contributed by atoms with E-state index in [1.165, 1.54) is 0 Å². The van der Waals surface area contributed by atoms with Crippen LogP contribution in [0.3, 0.4) is 0 Å². The first-order chi connectivity index (χ1) is 16.9. The van der Waals surface area contributed by atoms with Crippen LogP contribution < -0.4 is 16.0 Å². The van der Waals surface area contributed by atoms with Crippen LogP contribution in [-0.4, -0.2) is 37.2 Å². The van der Waals surface area contributed by atoms with Crippen LogP contribution in [0.1, 0.15) is 29.9 Å². The van der Waals surface area contributed by atoms with Crippen molar-refractivity contribution in [2.24, 2.45) is 13.0 Å². The van der Waals surface area contributed by atoms with Crippen LogP contribution >= 0.6 is 0 Å². The summed E-state index contributed by atoms with van der Waals surface area (Å²) in [4.78, 5) is 28.5. The average molecular weight is 467 g/mol. The Bertz CT molecular complexity index is 1510. The Hall–Kier alpha value is -4.27. The molecule has 4 aromatic heterocycles. The number of aromatic nitrogens is 5. The molecule has 4 aromatic rings. The number of rotatable bonds is 5. The first kappa shape index (κ1) is 21.3. The second kappa shape index (κ2) is 7.90. The normalized spacial score (nSPS) is 19.0. The van der Waals surface area contributed by atoms with Gasteiger partial charge in [-0.15, -0.1) is 0 Å². The van der Waals surface area contributed by atoms with Crippen molar-refractivity contribution in [2.75, 3.05) is 22.5 Å². The van der Waals surface area contributed by atoms with Crippen LogP contribution in [-0.2, 0) is 11.8 Å². The molecule has 9 heteroatoms. The maximum Gasteiger partial charge on any atom is 0.229 e. The molecule has 176 valence electrons. The van der Waals surface area contributed by atoms with Crippen molar-refractivity contribution in [3.8, 4) is 11.3 Å². The highest BCUT2D eigenvalue weighted by Gasteiger charge is 2.44. The van der Waals surface area contributed by atoms with E-state index in [0.29, 0.717) is 11.6 Å². The minimum Gasteiger partial charge on any atom is -0.383 e. The quantitative estimate of drug-likeness (QED) is 0.460. The highest BCUT2D eigenvalue weighted by atomic mass is 16.2. The molecular weight excluding hydrogens is 440 g/mol. The minimum atomic E-state index is -0.0653. The molecule has 0 aromatic carbocycles. The van der Waals surface area contributed by atoms with Crippen molar-refractivity contribution >= 4 is 34.1 Å². The van der Waals surface area contributed by atoms with E-state index in [-0.39, 0.29) is 17.7 Å². The van der Waals surface area contributed by atoms with Gasteiger partial charge >= 0.3 is 0 Å². The molecule has 1 amide bonds. The molecule has 0 radical (unpaired) electrons. The van der Waals surface area contributed by atoms with E-state index in [4.69, 9.17) is 5.73 Å². The van der Waals surface area contributed by atoms with E-state index < -0.39 is 0 Å². The van der Waals surface area contributed by atoms with E-state index in [2.05, 4.69) is 36.8 Å². The monoisotopic (exact) mass is 466 g/mol. The second-order valence-corrected chi connectivity index (χ2v) is 9.39. The number of pyridine rings is 3. The van der Waals surface area contributed by atoms with Crippen LogP contribution in [0.15, 0.2) is 55.3 Å². The zero-order chi connectivity index (χ0) is 24.3. The summed E-state index contributed by atoms with van der Waals surface area (Å²) in [6, 6.07) is 5.86. The van der Waals surface area contributed by atoms with Crippen molar-refractivity contribution in [1.82, 2.24) is 24.7 Å². The Morgan fingerprint density at radius 3 is 2.74 bits per heavy atom. The molecule has 35 heavy (non-hydrogen) atoms. The number of amides is 1. The molecular formula is C26H26N8O. The molecule has 0 bridgehead atoms. The maximum atomic E-state index is 12.8. The molecule has 5 heterocycles. The molecule has 3 N–H and O–H groups in total. The summed E-state index contributed by atoms with van der Waals surface area (Å²) in [6.45, 7) is 7.04. The van der Waals surface area contributed by atoms with Gasteiger partial charge < -0.3 is 16.0 Å². The number of hydrogen-bond acceptors (Lipinski definition) is 7. The molecule has 1 saturated heterocycles. The number of anilines is 3. The van der Waals surface area contributed by atoms with E-state index in [9.17, 15) is 4.79 Å². The summed E-state index contributed by atoms with van der Waals surface area (Å²) in [6.07, 6.45) is 9.10. The minimum absolute atomic E-state index is 0.0313. The molecule has 1 aliphatic carbocycles. The van der Waals surface area contributed by atoms with Gasteiger partial charge in [-0.1, -0.05) is 6.58 Å². The van der Waals surface area contributed by atoms with Gasteiger partial charge in [0.25, 0.3) is 0 Å². The van der Waals surface area contributed by atoms with Gasteiger partial charge in [-0.25, -0.2) is 15.0 Å². The first-order valence-electron chi connectivity index (χ1n) is 11.7. The Kier molecular flexibility index (Phi) is 4.80. The van der Waals surface area contributed by atoms with Gasteiger partial charge in [0.1, 0.15) is 17.5 Å². The number of hydrogen-bond donors (Lipinski definition) is 2. The van der Waals surface area contributed by atoms with E-state index in [1.54, 1.807) is 10.9 Å². The number of nitrogens with zero attached hydrogens (tertiary/aromatic N) is 6. The molecule has 6 rings (SSSR count). The smallest absolute Gasteiger partial charge is 0.229 e. The summed E-state index contributed by atoms with van der Waals surface area (Å²) in [5, 5.41) is 8.77. The topological polar surface area (TPSA) is 115 Å². The van der Waals surface area contributed by atoms with Crippen LogP contribution in [0, 0.1) is 12.8 Å². The number of aryl methyl sites for hydroxylation is 2. The summed E-state index contributed by atoms with van der Waals surface area (Å²) in [7, 11) is 1.88. The Labute approximate surface area is 202 Å². The number of nitrogens with one attached hydrogen (secondary N) is 1. The van der Waals surface area contributed by atoms with Gasteiger partial charge in [0, 0.05) is 61.2 Å². The fraction of sp³-hybridized carbons (Fsp3) is 0.269. The van der Waals surface area contributed by atoms with E-state index >= 15 is 0 Å². The van der Waals surface area contributed by atoms with Crippen molar-refractivity contribution in [1.29, 1.82) is 0 Å². The van der Waals surface area contributed by atoms with Gasteiger partial charge in [0.15, 0.2) is 0 Å². The second-order valence-electron chi connectivity index (χ2n) is 9.39. The van der Waals surface area contributed by atoms with Gasteiger partial charge in [-0.2, -0.15) is 5.10 Å². The third-order valence-electron chi connectivity index (χ3n) is 6.93. The summed E-state index contributed by atoms with van der Waals surface area (Å²) < 4.78 is 1.76. The summed E-state index contributed by atoms with van der Waals surface area (Å²) in [5.41, 5.74) is 11.2. The van der Waals surface area contributed by atoms with Gasteiger partial charge in [0.05, 0.1) is 11.9 Å². The van der Waals surface area contributed by atoms with Crippen LogP contribution in [0.4, 0.5) is 17.5 Å². The predicted molar refractivity (Wildman–Crippen MR) is 136 cm³/mol. The third-order valence-corrected chi connectivity index (χ3v) is 6.93. The fourth-order valence-corrected chi connectivity index (χ4v) is 4.70. The van der Waals surface area contributed by atoms with Crippen molar-refractivity contribution in [3.63, 3.8) is 0 Å². The van der Waals surface area contributed by atoms with E-state index in [0.717, 1.165) is 64.1 Å². The van der Waals surface area contributed by atoms with Crippen LogP contribution in [0.5, 0.6) is 0 Å². The van der Waals surface area contributed by atoms with Crippen LogP contribution in [0.25, 0.3) is 22.0 Å². The zero-order valence-corrected chi connectivity index (χ0v) is 19.7. The zero-order valence-electron chi connectivity index (χ0n) is 19.7. The Morgan fingerprint density at radius 1 is 1.20 bits per heavy atom.